The minimum atomic E-state index is -0.362. The van der Waals surface area contributed by atoms with Crippen LogP contribution in [0.5, 0.6) is 0 Å². The van der Waals surface area contributed by atoms with Gasteiger partial charge in [-0.1, -0.05) is 0 Å². The van der Waals surface area contributed by atoms with Gasteiger partial charge in [0, 0.05) is 11.9 Å². The fourth-order valence-corrected chi connectivity index (χ4v) is 1.64. The lowest BCUT2D eigenvalue weighted by Gasteiger charge is -2.09. The smallest absolute Gasteiger partial charge is 0.337 e. The quantitative estimate of drug-likeness (QED) is 0.826. The molecule has 0 aliphatic heterocycles. The molecule has 0 atom stereocenters. The molecule has 0 radical (unpaired) electrons. The molecule has 3 N–H and O–H groups in total. The van der Waals surface area contributed by atoms with Gasteiger partial charge in [-0.05, 0) is 42.8 Å². The van der Waals surface area contributed by atoms with Crippen LogP contribution < -0.4 is 11.1 Å². The number of aromatic nitrogens is 1. The molecule has 0 bridgehead atoms. The maximum Gasteiger partial charge on any atom is 0.337 e. The number of nitrogens with one attached hydrogen (secondary N) is 1. The first-order valence-corrected chi connectivity index (χ1v) is 5.77. The fourth-order valence-electron chi connectivity index (χ4n) is 1.64. The van der Waals surface area contributed by atoms with E-state index in [0.29, 0.717) is 17.1 Å². The SMILES string of the molecule is COC(=O)c1ccc(Nc2ncc(C)cc2N)cc1. The van der Waals surface area contributed by atoms with Crippen molar-refractivity contribution in [2.75, 3.05) is 18.2 Å². The molecule has 98 valence electrons. The third-order valence-corrected chi connectivity index (χ3v) is 2.62. The average Bonchev–Trinajstić information content (AvgIpc) is 2.42. The highest BCUT2D eigenvalue weighted by atomic mass is 16.5. The van der Waals surface area contributed by atoms with Gasteiger partial charge in [-0.2, -0.15) is 0 Å². The van der Waals surface area contributed by atoms with Crippen LogP contribution in [0.4, 0.5) is 17.2 Å². The second-order valence-electron chi connectivity index (χ2n) is 4.14. The van der Waals surface area contributed by atoms with E-state index < -0.39 is 0 Å². The molecule has 0 fully saturated rings. The van der Waals surface area contributed by atoms with Crippen molar-refractivity contribution in [3.63, 3.8) is 0 Å². The van der Waals surface area contributed by atoms with E-state index in [1.54, 1.807) is 30.5 Å². The van der Waals surface area contributed by atoms with Gasteiger partial charge in [0.1, 0.15) is 0 Å². The number of ether oxygens (including phenoxy) is 1. The molecular weight excluding hydrogens is 242 g/mol. The summed E-state index contributed by atoms with van der Waals surface area (Å²) in [6.07, 6.45) is 1.74. The van der Waals surface area contributed by atoms with Gasteiger partial charge in [-0.3, -0.25) is 0 Å². The highest BCUT2D eigenvalue weighted by molar-refractivity contribution is 5.89. The average molecular weight is 257 g/mol. The highest BCUT2D eigenvalue weighted by Gasteiger charge is 2.05. The van der Waals surface area contributed by atoms with Crippen LogP contribution >= 0.6 is 0 Å². The standard InChI is InChI=1S/C14H15N3O2/c1-9-7-12(15)13(16-8-9)17-11-5-3-10(4-6-11)14(18)19-2/h3-8H,15H2,1-2H3,(H,16,17). The number of nitrogens with two attached hydrogens (primary N) is 1. The third-order valence-electron chi connectivity index (χ3n) is 2.62. The van der Waals surface area contributed by atoms with Crippen LogP contribution in [-0.4, -0.2) is 18.1 Å². The normalized spacial score (nSPS) is 10.0. The number of benzene rings is 1. The van der Waals surface area contributed by atoms with E-state index in [1.807, 2.05) is 13.0 Å². The summed E-state index contributed by atoms with van der Waals surface area (Å²) in [6, 6.07) is 8.75. The zero-order chi connectivity index (χ0) is 13.8. The number of aryl methyl sites for hydroxylation is 1. The molecule has 5 nitrogen and oxygen atoms in total. The van der Waals surface area contributed by atoms with Gasteiger partial charge in [0.05, 0.1) is 18.4 Å². The molecule has 5 heteroatoms. The Labute approximate surface area is 111 Å². The number of nitrogens with zero attached hydrogens (tertiary/aromatic N) is 1. The number of rotatable bonds is 3. The third kappa shape index (κ3) is 3.01. The zero-order valence-corrected chi connectivity index (χ0v) is 10.8. The number of anilines is 3. The van der Waals surface area contributed by atoms with E-state index >= 15 is 0 Å². The van der Waals surface area contributed by atoms with Crippen molar-refractivity contribution in [1.82, 2.24) is 4.98 Å². The van der Waals surface area contributed by atoms with Gasteiger partial charge < -0.3 is 15.8 Å². The summed E-state index contributed by atoms with van der Waals surface area (Å²) in [4.78, 5) is 15.5. The Balaban J connectivity index is 2.17. The number of carbonyl (C=O) groups is 1. The second kappa shape index (κ2) is 5.39. The lowest BCUT2D eigenvalue weighted by Crippen LogP contribution is -2.02. The van der Waals surface area contributed by atoms with Crippen LogP contribution in [0.15, 0.2) is 36.5 Å². The van der Waals surface area contributed by atoms with E-state index in [4.69, 9.17) is 5.73 Å². The Morgan fingerprint density at radius 3 is 2.58 bits per heavy atom. The lowest BCUT2D eigenvalue weighted by molar-refractivity contribution is 0.0601. The Morgan fingerprint density at radius 1 is 1.32 bits per heavy atom. The minimum Gasteiger partial charge on any atom is -0.465 e. The first-order valence-electron chi connectivity index (χ1n) is 5.77. The maximum absolute atomic E-state index is 11.3. The fraction of sp³-hybridized carbons (Fsp3) is 0.143. The molecule has 0 saturated heterocycles. The lowest BCUT2D eigenvalue weighted by atomic mass is 10.2. The van der Waals surface area contributed by atoms with E-state index in [1.165, 1.54) is 7.11 Å². The summed E-state index contributed by atoms with van der Waals surface area (Å²) in [6.45, 7) is 1.93. The Hall–Kier alpha value is -2.56. The Morgan fingerprint density at radius 2 is 2.00 bits per heavy atom. The van der Waals surface area contributed by atoms with Gasteiger partial charge >= 0.3 is 5.97 Å². The van der Waals surface area contributed by atoms with E-state index in [9.17, 15) is 4.79 Å². The summed E-state index contributed by atoms with van der Waals surface area (Å²) < 4.78 is 4.64. The number of nitrogen functional groups attached to an aromatic ring is 1. The number of esters is 1. The van der Waals surface area contributed by atoms with Crippen molar-refractivity contribution in [1.29, 1.82) is 0 Å². The minimum absolute atomic E-state index is 0.362. The molecule has 2 rings (SSSR count). The molecule has 0 spiro atoms. The Bertz CT molecular complexity index is 594. The summed E-state index contributed by atoms with van der Waals surface area (Å²) in [5.74, 6) is 0.232. The molecule has 1 aromatic carbocycles. The van der Waals surface area contributed by atoms with Crippen LogP contribution in [-0.2, 0) is 4.74 Å². The second-order valence-corrected chi connectivity index (χ2v) is 4.14. The molecule has 0 saturated carbocycles. The van der Waals surface area contributed by atoms with Crippen LogP contribution in [0.2, 0.25) is 0 Å². The maximum atomic E-state index is 11.3. The van der Waals surface area contributed by atoms with Crippen LogP contribution in [0.25, 0.3) is 0 Å². The molecule has 1 aromatic heterocycles. The summed E-state index contributed by atoms with van der Waals surface area (Å²) in [5.41, 5.74) is 8.75. The molecule has 0 aliphatic carbocycles. The van der Waals surface area contributed by atoms with Crippen LogP contribution in [0.3, 0.4) is 0 Å². The molecular formula is C14H15N3O2. The molecule has 2 aromatic rings. The van der Waals surface area contributed by atoms with Crippen LogP contribution in [0, 0.1) is 6.92 Å². The molecule has 0 unspecified atom stereocenters. The number of pyridine rings is 1. The monoisotopic (exact) mass is 257 g/mol. The summed E-state index contributed by atoms with van der Waals surface area (Å²) in [7, 11) is 1.35. The van der Waals surface area contributed by atoms with Crippen molar-refractivity contribution in [3.8, 4) is 0 Å². The number of hydrogen-bond donors (Lipinski definition) is 2. The van der Waals surface area contributed by atoms with Gasteiger partial charge in [0.15, 0.2) is 5.82 Å². The van der Waals surface area contributed by atoms with E-state index in [0.717, 1.165) is 11.3 Å². The van der Waals surface area contributed by atoms with Crippen LogP contribution in [0.1, 0.15) is 15.9 Å². The van der Waals surface area contributed by atoms with Gasteiger partial charge in [0.2, 0.25) is 0 Å². The molecule has 1 heterocycles. The number of hydrogen-bond acceptors (Lipinski definition) is 5. The van der Waals surface area contributed by atoms with Gasteiger partial charge in [-0.25, -0.2) is 9.78 Å². The molecule has 0 amide bonds. The summed E-state index contributed by atoms with van der Waals surface area (Å²) in [5, 5.41) is 3.10. The zero-order valence-electron chi connectivity index (χ0n) is 10.8. The first kappa shape index (κ1) is 12.9. The van der Waals surface area contributed by atoms with Gasteiger partial charge in [0.25, 0.3) is 0 Å². The van der Waals surface area contributed by atoms with Crippen molar-refractivity contribution >= 4 is 23.2 Å². The Kier molecular flexibility index (Phi) is 3.66. The topological polar surface area (TPSA) is 77.2 Å². The highest BCUT2D eigenvalue weighted by Crippen LogP contribution is 2.21. The van der Waals surface area contributed by atoms with Crippen molar-refractivity contribution in [2.24, 2.45) is 0 Å². The van der Waals surface area contributed by atoms with Crippen molar-refractivity contribution < 1.29 is 9.53 Å². The van der Waals surface area contributed by atoms with Gasteiger partial charge in [-0.15, -0.1) is 0 Å². The van der Waals surface area contributed by atoms with Crippen molar-refractivity contribution in [2.45, 2.75) is 6.92 Å². The largest absolute Gasteiger partial charge is 0.465 e. The predicted octanol–water partition coefficient (Wildman–Crippen LogP) is 2.50. The number of carbonyl (C=O) groups excluding carboxylic acids is 1. The molecule has 19 heavy (non-hydrogen) atoms. The van der Waals surface area contributed by atoms with E-state index in [2.05, 4.69) is 15.0 Å². The summed E-state index contributed by atoms with van der Waals surface area (Å²) >= 11 is 0. The predicted molar refractivity (Wildman–Crippen MR) is 74.5 cm³/mol. The molecule has 0 aliphatic rings. The first-order chi connectivity index (χ1) is 9.10. The number of methoxy groups -OCH3 is 1. The van der Waals surface area contributed by atoms with E-state index in [-0.39, 0.29) is 5.97 Å². The van der Waals surface area contributed by atoms with Crippen molar-refractivity contribution in [3.05, 3.63) is 47.7 Å².